The van der Waals surface area contributed by atoms with Gasteiger partial charge in [0.05, 0.1) is 11.1 Å². The summed E-state index contributed by atoms with van der Waals surface area (Å²) in [7, 11) is -3.87. The smallest absolute Gasteiger partial charge is 0.271 e. The van der Waals surface area contributed by atoms with Crippen LogP contribution in [0.4, 0.5) is 5.69 Å². The van der Waals surface area contributed by atoms with Gasteiger partial charge in [-0.2, -0.15) is 5.10 Å². The van der Waals surface area contributed by atoms with Gasteiger partial charge in [-0.3, -0.25) is 9.52 Å². The summed E-state index contributed by atoms with van der Waals surface area (Å²) in [5.41, 5.74) is 3.70. The summed E-state index contributed by atoms with van der Waals surface area (Å²) < 4.78 is 28.5. The van der Waals surface area contributed by atoms with Crippen molar-refractivity contribution in [1.29, 1.82) is 0 Å². The molecule has 0 aliphatic rings. The van der Waals surface area contributed by atoms with Gasteiger partial charge in [-0.05, 0) is 48.5 Å². The highest BCUT2D eigenvalue weighted by atomic mass is 79.9. The monoisotopic (exact) mass is 491 g/mol. The molecule has 3 aromatic carbocycles. The number of amides is 1. The fraction of sp³-hybridized carbons (Fsp3) is 0. The molecule has 0 heterocycles. The maximum atomic E-state index is 12.6. The number of rotatable bonds is 6. The molecule has 1 amide bonds. The van der Waals surface area contributed by atoms with Crippen molar-refractivity contribution in [2.24, 2.45) is 5.10 Å². The van der Waals surface area contributed by atoms with E-state index in [0.717, 1.165) is 10.0 Å². The minimum absolute atomic E-state index is 0.0464. The summed E-state index contributed by atoms with van der Waals surface area (Å²) in [6, 6.07) is 19.3. The fourth-order valence-corrected chi connectivity index (χ4v) is 3.96. The van der Waals surface area contributed by atoms with E-state index in [9.17, 15) is 13.2 Å². The summed E-state index contributed by atoms with van der Waals surface area (Å²) in [6.45, 7) is 0. The van der Waals surface area contributed by atoms with Crippen LogP contribution in [0.25, 0.3) is 0 Å². The summed E-state index contributed by atoms with van der Waals surface area (Å²) in [6.07, 6.45) is 1.49. The number of nitrogens with one attached hydrogen (secondary N) is 2. The second-order valence-electron chi connectivity index (χ2n) is 5.86. The Hall–Kier alpha value is -2.68. The fourth-order valence-electron chi connectivity index (χ4n) is 2.34. The Morgan fingerprint density at radius 2 is 1.72 bits per heavy atom. The Labute approximate surface area is 181 Å². The van der Waals surface area contributed by atoms with Crippen molar-refractivity contribution >= 4 is 55.4 Å². The first-order chi connectivity index (χ1) is 13.8. The van der Waals surface area contributed by atoms with Crippen LogP contribution in [0, 0.1) is 0 Å². The molecule has 0 aliphatic heterocycles. The number of hydrogen-bond acceptors (Lipinski definition) is 4. The van der Waals surface area contributed by atoms with Gasteiger partial charge >= 0.3 is 0 Å². The number of anilines is 1. The van der Waals surface area contributed by atoms with Gasteiger partial charge in [0.15, 0.2) is 0 Å². The molecular formula is C20H15BrClN3O3S. The zero-order chi connectivity index (χ0) is 20.9. The Kier molecular flexibility index (Phi) is 6.68. The average molecular weight is 493 g/mol. The van der Waals surface area contributed by atoms with E-state index in [0.29, 0.717) is 10.7 Å². The molecule has 3 rings (SSSR count). The number of sulfonamides is 1. The van der Waals surface area contributed by atoms with Gasteiger partial charge in [-0.25, -0.2) is 13.8 Å². The predicted molar refractivity (Wildman–Crippen MR) is 118 cm³/mol. The van der Waals surface area contributed by atoms with E-state index in [4.69, 9.17) is 11.6 Å². The zero-order valence-electron chi connectivity index (χ0n) is 14.8. The average Bonchev–Trinajstić information content (AvgIpc) is 2.71. The molecule has 2 N–H and O–H groups in total. The van der Waals surface area contributed by atoms with Crippen molar-refractivity contribution < 1.29 is 13.2 Å². The topological polar surface area (TPSA) is 87.6 Å². The largest absolute Gasteiger partial charge is 0.280 e. The predicted octanol–water partition coefficient (Wildman–Crippen LogP) is 4.67. The van der Waals surface area contributed by atoms with Crippen molar-refractivity contribution in [3.05, 3.63) is 93.4 Å². The highest BCUT2D eigenvalue weighted by Crippen LogP contribution is 2.19. The molecule has 3 aromatic rings. The van der Waals surface area contributed by atoms with Gasteiger partial charge in [0.2, 0.25) is 0 Å². The van der Waals surface area contributed by atoms with E-state index in [1.54, 1.807) is 24.3 Å². The molecular weight excluding hydrogens is 478 g/mol. The maximum Gasteiger partial charge on any atom is 0.271 e. The van der Waals surface area contributed by atoms with Gasteiger partial charge in [0.1, 0.15) is 0 Å². The SMILES string of the molecule is O=C(N/N=C\c1ccccc1Br)c1cccc(S(=O)(=O)Nc2ccc(Cl)cc2)c1. The van der Waals surface area contributed by atoms with Crippen LogP contribution in [-0.4, -0.2) is 20.5 Å². The van der Waals surface area contributed by atoms with E-state index < -0.39 is 15.9 Å². The quantitative estimate of drug-likeness (QED) is 0.387. The first kappa shape index (κ1) is 21.0. The van der Waals surface area contributed by atoms with Crippen LogP contribution in [0.3, 0.4) is 0 Å². The molecule has 0 aromatic heterocycles. The van der Waals surface area contributed by atoms with Crippen LogP contribution in [-0.2, 0) is 10.0 Å². The number of hydrazone groups is 1. The molecule has 0 bridgehead atoms. The standard InChI is InChI=1S/C20H15BrClN3O3S/c21-19-7-2-1-4-15(19)13-23-24-20(26)14-5-3-6-18(12-14)29(27,28)25-17-10-8-16(22)9-11-17/h1-13,25H,(H,24,26)/b23-13-. The summed E-state index contributed by atoms with van der Waals surface area (Å²) >= 11 is 9.20. The van der Waals surface area contributed by atoms with Crippen LogP contribution in [0.1, 0.15) is 15.9 Å². The molecule has 0 spiro atoms. The lowest BCUT2D eigenvalue weighted by Crippen LogP contribution is -2.19. The summed E-state index contributed by atoms with van der Waals surface area (Å²) in [4.78, 5) is 12.3. The van der Waals surface area contributed by atoms with Crippen molar-refractivity contribution in [3.8, 4) is 0 Å². The lowest BCUT2D eigenvalue weighted by molar-refractivity contribution is 0.0955. The number of nitrogens with zero attached hydrogens (tertiary/aromatic N) is 1. The first-order valence-electron chi connectivity index (χ1n) is 8.31. The number of benzene rings is 3. The number of hydrogen-bond donors (Lipinski definition) is 2. The van der Waals surface area contributed by atoms with Crippen LogP contribution >= 0.6 is 27.5 Å². The maximum absolute atomic E-state index is 12.6. The molecule has 0 saturated heterocycles. The third-order valence-corrected chi connectivity index (χ3v) is 6.13. The van der Waals surface area contributed by atoms with Crippen LogP contribution in [0.15, 0.2) is 87.3 Å². The Bertz CT molecular complexity index is 1170. The van der Waals surface area contributed by atoms with E-state index in [1.165, 1.54) is 30.5 Å². The third-order valence-electron chi connectivity index (χ3n) is 3.78. The normalized spacial score (nSPS) is 11.4. The van der Waals surface area contributed by atoms with Crippen molar-refractivity contribution in [1.82, 2.24) is 5.43 Å². The van der Waals surface area contributed by atoms with Crippen molar-refractivity contribution in [2.45, 2.75) is 4.90 Å². The molecule has 0 fully saturated rings. The van der Waals surface area contributed by atoms with Gasteiger partial charge in [-0.15, -0.1) is 0 Å². The second kappa shape index (κ2) is 9.21. The number of halogens is 2. The molecule has 29 heavy (non-hydrogen) atoms. The Morgan fingerprint density at radius 3 is 2.45 bits per heavy atom. The number of carbonyl (C=O) groups is 1. The molecule has 6 nitrogen and oxygen atoms in total. The van der Waals surface area contributed by atoms with Crippen LogP contribution in [0.2, 0.25) is 5.02 Å². The van der Waals surface area contributed by atoms with Gasteiger partial charge < -0.3 is 0 Å². The van der Waals surface area contributed by atoms with Gasteiger partial charge in [0.25, 0.3) is 15.9 Å². The molecule has 148 valence electrons. The number of carbonyl (C=O) groups excluding carboxylic acids is 1. The molecule has 0 radical (unpaired) electrons. The zero-order valence-corrected chi connectivity index (χ0v) is 18.0. The highest BCUT2D eigenvalue weighted by Gasteiger charge is 2.16. The summed E-state index contributed by atoms with van der Waals surface area (Å²) in [5, 5.41) is 4.41. The van der Waals surface area contributed by atoms with E-state index in [-0.39, 0.29) is 10.5 Å². The molecule has 0 aliphatic carbocycles. The van der Waals surface area contributed by atoms with Crippen LogP contribution in [0.5, 0.6) is 0 Å². The molecule has 0 atom stereocenters. The van der Waals surface area contributed by atoms with E-state index >= 15 is 0 Å². The second-order valence-corrected chi connectivity index (χ2v) is 8.83. The Morgan fingerprint density at radius 1 is 1.00 bits per heavy atom. The first-order valence-corrected chi connectivity index (χ1v) is 11.0. The van der Waals surface area contributed by atoms with Crippen molar-refractivity contribution in [2.75, 3.05) is 4.72 Å². The third kappa shape index (κ3) is 5.66. The lowest BCUT2D eigenvalue weighted by atomic mass is 10.2. The minimum atomic E-state index is -3.87. The van der Waals surface area contributed by atoms with E-state index in [1.807, 2.05) is 24.3 Å². The highest BCUT2D eigenvalue weighted by molar-refractivity contribution is 9.10. The van der Waals surface area contributed by atoms with Gasteiger partial charge in [0, 0.05) is 26.3 Å². The summed E-state index contributed by atoms with van der Waals surface area (Å²) in [5.74, 6) is -0.531. The van der Waals surface area contributed by atoms with Crippen molar-refractivity contribution in [3.63, 3.8) is 0 Å². The molecule has 9 heteroatoms. The Balaban J connectivity index is 1.73. The molecule has 0 unspecified atom stereocenters. The van der Waals surface area contributed by atoms with Crippen LogP contribution < -0.4 is 10.1 Å². The van der Waals surface area contributed by atoms with E-state index in [2.05, 4.69) is 31.2 Å². The van der Waals surface area contributed by atoms with Gasteiger partial charge in [-0.1, -0.05) is 51.8 Å². The molecule has 0 saturated carbocycles. The minimum Gasteiger partial charge on any atom is -0.280 e. The lowest BCUT2D eigenvalue weighted by Gasteiger charge is -2.09.